The van der Waals surface area contributed by atoms with Gasteiger partial charge in [0.25, 0.3) is 0 Å². The molecule has 16 heavy (non-hydrogen) atoms. The molecule has 0 aliphatic carbocycles. The topological polar surface area (TPSA) is 104 Å². The Hall–Kier alpha value is -1.15. The van der Waals surface area contributed by atoms with Crippen LogP contribution >= 0.6 is 0 Å². The number of aliphatic carboxylic acids is 1. The van der Waals surface area contributed by atoms with E-state index in [2.05, 4.69) is 5.32 Å². The number of carboxylic acids is 1. The Morgan fingerprint density at radius 2 is 1.94 bits per heavy atom. The molecule has 0 aliphatic heterocycles. The highest BCUT2D eigenvalue weighted by molar-refractivity contribution is 7.88. The second-order valence-corrected chi connectivity index (χ2v) is 5.65. The summed E-state index contributed by atoms with van der Waals surface area (Å²) in [4.78, 5) is 21.7. The summed E-state index contributed by atoms with van der Waals surface area (Å²) < 4.78 is 22.8. The second-order valence-electron chi connectivity index (χ2n) is 3.56. The molecular formula is C8H16N2O5S. The Bertz CT molecular complexity index is 365. The van der Waals surface area contributed by atoms with Crippen molar-refractivity contribution in [2.45, 2.75) is 6.92 Å². The SMILES string of the molecule is CC(CNC(=O)CN(C)S(C)(=O)=O)C(=O)O. The molecule has 2 N–H and O–H groups in total. The summed E-state index contributed by atoms with van der Waals surface area (Å²) in [6.07, 6.45) is 0.986. The molecule has 0 rings (SSSR count). The summed E-state index contributed by atoms with van der Waals surface area (Å²) in [7, 11) is -2.12. The number of rotatable bonds is 6. The van der Waals surface area contributed by atoms with E-state index in [-0.39, 0.29) is 13.1 Å². The van der Waals surface area contributed by atoms with Gasteiger partial charge in [-0.1, -0.05) is 6.92 Å². The van der Waals surface area contributed by atoms with Crippen LogP contribution in [-0.2, 0) is 19.6 Å². The van der Waals surface area contributed by atoms with Gasteiger partial charge in [-0.05, 0) is 0 Å². The fraction of sp³-hybridized carbons (Fsp3) is 0.750. The van der Waals surface area contributed by atoms with Gasteiger partial charge >= 0.3 is 5.97 Å². The summed E-state index contributed by atoms with van der Waals surface area (Å²) in [5.41, 5.74) is 0. The van der Waals surface area contributed by atoms with Crippen molar-refractivity contribution in [1.29, 1.82) is 0 Å². The fourth-order valence-corrected chi connectivity index (χ4v) is 1.08. The zero-order valence-electron chi connectivity index (χ0n) is 9.43. The van der Waals surface area contributed by atoms with Gasteiger partial charge in [-0.2, -0.15) is 4.31 Å². The van der Waals surface area contributed by atoms with E-state index >= 15 is 0 Å². The molecule has 7 nitrogen and oxygen atoms in total. The summed E-state index contributed by atoms with van der Waals surface area (Å²) >= 11 is 0. The van der Waals surface area contributed by atoms with E-state index in [4.69, 9.17) is 5.11 Å². The van der Waals surface area contributed by atoms with Crippen molar-refractivity contribution < 1.29 is 23.1 Å². The van der Waals surface area contributed by atoms with Crippen molar-refractivity contribution in [2.24, 2.45) is 5.92 Å². The number of hydrogen-bond donors (Lipinski definition) is 2. The largest absolute Gasteiger partial charge is 0.481 e. The van der Waals surface area contributed by atoms with Crippen LogP contribution in [0.1, 0.15) is 6.92 Å². The zero-order valence-corrected chi connectivity index (χ0v) is 10.2. The summed E-state index contributed by atoms with van der Waals surface area (Å²) in [6, 6.07) is 0. The predicted molar refractivity (Wildman–Crippen MR) is 57.3 cm³/mol. The lowest BCUT2D eigenvalue weighted by molar-refractivity contribution is -0.141. The van der Waals surface area contributed by atoms with Crippen LogP contribution in [0.25, 0.3) is 0 Å². The monoisotopic (exact) mass is 252 g/mol. The van der Waals surface area contributed by atoms with Crippen LogP contribution in [0.15, 0.2) is 0 Å². The molecule has 0 bridgehead atoms. The summed E-state index contributed by atoms with van der Waals surface area (Å²) in [5.74, 6) is -2.25. The maximum Gasteiger partial charge on any atom is 0.308 e. The first kappa shape index (κ1) is 14.8. The van der Waals surface area contributed by atoms with Crippen LogP contribution in [0.5, 0.6) is 0 Å². The Kier molecular flexibility index (Phi) is 5.39. The van der Waals surface area contributed by atoms with Crippen molar-refractivity contribution in [2.75, 3.05) is 26.4 Å². The molecule has 1 atom stereocenters. The molecule has 0 aromatic carbocycles. The third-order valence-corrected chi connectivity index (χ3v) is 3.22. The zero-order chi connectivity index (χ0) is 12.9. The molecule has 0 heterocycles. The van der Waals surface area contributed by atoms with Gasteiger partial charge in [-0.3, -0.25) is 9.59 Å². The molecule has 0 saturated carbocycles. The minimum Gasteiger partial charge on any atom is -0.481 e. The molecule has 1 unspecified atom stereocenters. The first-order valence-electron chi connectivity index (χ1n) is 4.55. The molecule has 0 saturated heterocycles. The van der Waals surface area contributed by atoms with Gasteiger partial charge in [0.2, 0.25) is 15.9 Å². The molecule has 0 aromatic heterocycles. The smallest absolute Gasteiger partial charge is 0.308 e. The first-order valence-corrected chi connectivity index (χ1v) is 6.40. The Morgan fingerprint density at radius 3 is 2.31 bits per heavy atom. The van der Waals surface area contributed by atoms with Crippen LogP contribution in [0.4, 0.5) is 0 Å². The standard InChI is InChI=1S/C8H16N2O5S/c1-6(8(12)13)4-9-7(11)5-10(2)16(3,14)15/h6H,4-5H2,1-3H3,(H,9,11)(H,12,13). The van der Waals surface area contributed by atoms with Crippen molar-refractivity contribution in [1.82, 2.24) is 9.62 Å². The van der Waals surface area contributed by atoms with Gasteiger partial charge in [-0.25, -0.2) is 8.42 Å². The van der Waals surface area contributed by atoms with E-state index in [1.165, 1.54) is 14.0 Å². The lowest BCUT2D eigenvalue weighted by Crippen LogP contribution is -2.40. The lowest BCUT2D eigenvalue weighted by atomic mass is 10.2. The quantitative estimate of drug-likeness (QED) is 0.612. The van der Waals surface area contributed by atoms with Gasteiger partial charge < -0.3 is 10.4 Å². The van der Waals surface area contributed by atoms with Crippen LogP contribution < -0.4 is 5.32 Å². The van der Waals surface area contributed by atoms with Crippen LogP contribution in [-0.4, -0.2) is 56.1 Å². The number of sulfonamides is 1. The predicted octanol–water partition coefficient (Wildman–Crippen LogP) is -1.29. The van der Waals surface area contributed by atoms with Crippen molar-refractivity contribution in [3.8, 4) is 0 Å². The molecule has 8 heteroatoms. The number of hydrogen-bond acceptors (Lipinski definition) is 4. The van der Waals surface area contributed by atoms with E-state index in [1.807, 2.05) is 0 Å². The maximum atomic E-state index is 11.2. The lowest BCUT2D eigenvalue weighted by Gasteiger charge is -2.14. The summed E-state index contributed by atoms with van der Waals surface area (Å²) in [6.45, 7) is 1.11. The van der Waals surface area contributed by atoms with Gasteiger partial charge in [0.05, 0.1) is 18.7 Å². The van der Waals surface area contributed by atoms with Crippen molar-refractivity contribution >= 4 is 21.9 Å². The highest BCUT2D eigenvalue weighted by Crippen LogP contribution is 1.94. The third-order valence-electron chi connectivity index (χ3n) is 1.96. The van der Waals surface area contributed by atoms with E-state index in [0.29, 0.717) is 0 Å². The Morgan fingerprint density at radius 1 is 1.44 bits per heavy atom. The van der Waals surface area contributed by atoms with E-state index in [9.17, 15) is 18.0 Å². The number of carbonyl (C=O) groups excluding carboxylic acids is 1. The normalized spacial score (nSPS) is 13.5. The fourth-order valence-electron chi connectivity index (χ4n) is 0.730. The summed E-state index contributed by atoms with van der Waals surface area (Å²) in [5, 5.41) is 10.9. The molecule has 1 amide bonds. The Labute approximate surface area is 94.5 Å². The van der Waals surface area contributed by atoms with Crippen LogP contribution in [0, 0.1) is 5.92 Å². The highest BCUT2D eigenvalue weighted by Gasteiger charge is 2.16. The van der Waals surface area contributed by atoms with E-state index in [1.54, 1.807) is 0 Å². The Balaban J connectivity index is 4.07. The van der Waals surface area contributed by atoms with Crippen molar-refractivity contribution in [3.05, 3.63) is 0 Å². The molecule has 0 spiro atoms. The van der Waals surface area contributed by atoms with Crippen LogP contribution in [0.3, 0.4) is 0 Å². The molecular weight excluding hydrogens is 236 g/mol. The van der Waals surface area contributed by atoms with Gasteiger partial charge in [0.15, 0.2) is 0 Å². The molecule has 94 valence electrons. The number of likely N-dealkylation sites (N-methyl/N-ethyl adjacent to an activating group) is 1. The first-order chi connectivity index (χ1) is 7.14. The number of carboxylic acid groups (broad SMARTS) is 1. The van der Waals surface area contributed by atoms with E-state index in [0.717, 1.165) is 10.6 Å². The number of amides is 1. The minimum atomic E-state index is -3.40. The number of nitrogens with zero attached hydrogens (tertiary/aromatic N) is 1. The van der Waals surface area contributed by atoms with Crippen LogP contribution in [0.2, 0.25) is 0 Å². The average Bonchev–Trinajstić information content (AvgIpc) is 2.12. The molecule has 0 fully saturated rings. The number of carbonyl (C=O) groups is 2. The molecule has 0 aromatic rings. The number of nitrogens with one attached hydrogen (secondary N) is 1. The molecule has 0 radical (unpaired) electrons. The third kappa shape index (κ3) is 5.66. The maximum absolute atomic E-state index is 11.2. The minimum absolute atomic E-state index is 0.0221. The average molecular weight is 252 g/mol. The van der Waals surface area contributed by atoms with Gasteiger partial charge in [-0.15, -0.1) is 0 Å². The highest BCUT2D eigenvalue weighted by atomic mass is 32.2. The second kappa shape index (κ2) is 5.80. The van der Waals surface area contributed by atoms with Crippen molar-refractivity contribution in [3.63, 3.8) is 0 Å². The van der Waals surface area contributed by atoms with Gasteiger partial charge in [0, 0.05) is 13.6 Å². The van der Waals surface area contributed by atoms with Gasteiger partial charge in [0.1, 0.15) is 0 Å². The van der Waals surface area contributed by atoms with E-state index < -0.39 is 27.8 Å². The molecule has 0 aliphatic rings.